The van der Waals surface area contributed by atoms with E-state index in [1.165, 1.54) is 0 Å². The summed E-state index contributed by atoms with van der Waals surface area (Å²) < 4.78 is 0. The molecular formula is C16H18N2O2. The summed E-state index contributed by atoms with van der Waals surface area (Å²) in [6, 6.07) is 11.2. The minimum absolute atomic E-state index is 0.0548. The molecule has 2 aromatic carbocycles. The number of benzene rings is 2. The van der Waals surface area contributed by atoms with Gasteiger partial charge in [-0.25, -0.2) is 0 Å². The van der Waals surface area contributed by atoms with E-state index in [2.05, 4.69) is 17.6 Å². The number of nitrogens with one attached hydrogen (secondary N) is 2. The number of hydrogen-bond acceptors (Lipinski definition) is 3. The van der Waals surface area contributed by atoms with E-state index in [-0.39, 0.29) is 17.7 Å². The van der Waals surface area contributed by atoms with Crippen molar-refractivity contribution in [1.29, 1.82) is 0 Å². The molecule has 1 aliphatic heterocycles. The molecule has 0 spiro atoms. The Kier molecular flexibility index (Phi) is 3.32. The van der Waals surface area contributed by atoms with Crippen LogP contribution in [0, 0.1) is 5.92 Å². The van der Waals surface area contributed by atoms with Crippen molar-refractivity contribution in [2.75, 3.05) is 13.1 Å². The smallest absolute Gasteiger partial charge is 0.255 e. The number of fused-ring (bicyclic) bond motifs is 1. The average Bonchev–Trinajstić information content (AvgIpc) is 2.85. The van der Waals surface area contributed by atoms with Crippen LogP contribution in [0.3, 0.4) is 0 Å². The lowest BCUT2D eigenvalue weighted by atomic mass is 10.0. The minimum Gasteiger partial charge on any atom is -0.506 e. The van der Waals surface area contributed by atoms with Crippen molar-refractivity contribution in [3.63, 3.8) is 0 Å². The number of hydrogen-bond donors (Lipinski definition) is 3. The number of phenols is 1. The van der Waals surface area contributed by atoms with Crippen LogP contribution in [0.5, 0.6) is 5.75 Å². The van der Waals surface area contributed by atoms with Gasteiger partial charge in [0, 0.05) is 18.0 Å². The molecule has 0 aromatic heterocycles. The van der Waals surface area contributed by atoms with Gasteiger partial charge in [-0.2, -0.15) is 0 Å². The van der Waals surface area contributed by atoms with Crippen LogP contribution in [0.15, 0.2) is 36.4 Å². The zero-order valence-electron chi connectivity index (χ0n) is 11.4. The molecule has 0 radical (unpaired) electrons. The van der Waals surface area contributed by atoms with Crippen molar-refractivity contribution < 1.29 is 9.90 Å². The van der Waals surface area contributed by atoms with E-state index in [1.54, 1.807) is 6.07 Å². The van der Waals surface area contributed by atoms with Crippen molar-refractivity contribution >= 4 is 16.7 Å². The van der Waals surface area contributed by atoms with E-state index in [1.807, 2.05) is 30.3 Å². The Morgan fingerprint density at radius 1 is 1.25 bits per heavy atom. The zero-order valence-corrected chi connectivity index (χ0v) is 11.4. The van der Waals surface area contributed by atoms with Crippen LogP contribution in [-0.2, 0) is 0 Å². The summed E-state index contributed by atoms with van der Waals surface area (Å²) in [4.78, 5) is 12.3. The number of carbonyl (C=O) groups excluding carboxylic acids is 1. The van der Waals surface area contributed by atoms with Crippen LogP contribution in [-0.4, -0.2) is 30.1 Å². The summed E-state index contributed by atoms with van der Waals surface area (Å²) in [5, 5.41) is 18.2. The Morgan fingerprint density at radius 2 is 2.05 bits per heavy atom. The average molecular weight is 270 g/mol. The predicted molar refractivity (Wildman–Crippen MR) is 78.9 cm³/mol. The van der Waals surface area contributed by atoms with Crippen LogP contribution in [0.1, 0.15) is 17.3 Å². The normalized spacial score (nSPS) is 22.1. The van der Waals surface area contributed by atoms with Crippen molar-refractivity contribution in [2.24, 2.45) is 5.92 Å². The monoisotopic (exact) mass is 270 g/mol. The third-order valence-electron chi connectivity index (χ3n) is 3.98. The Hall–Kier alpha value is -2.07. The predicted octanol–water partition coefficient (Wildman–Crippen LogP) is 1.88. The quantitative estimate of drug-likeness (QED) is 0.781. The zero-order chi connectivity index (χ0) is 14.1. The maximum Gasteiger partial charge on any atom is 0.255 e. The molecular weight excluding hydrogens is 252 g/mol. The number of amides is 1. The first-order valence-corrected chi connectivity index (χ1v) is 6.89. The van der Waals surface area contributed by atoms with E-state index in [0.717, 1.165) is 18.5 Å². The Bertz CT molecular complexity index is 654. The highest BCUT2D eigenvalue weighted by Gasteiger charge is 2.25. The van der Waals surface area contributed by atoms with Gasteiger partial charge in [-0.15, -0.1) is 0 Å². The van der Waals surface area contributed by atoms with Gasteiger partial charge in [0.2, 0.25) is 0 Å². The highest BCUT2D eigenvalue weighted by atomic mass is 16.3. The van der Waals surface area contributed by atoms with Crippen LogP contribution in [0.25, 0.3) is 10.8 Å². The molecule has 1 fully saturated rings. The molecule has 2 unspecified atom stereocenters. The first-order valence-electron chi connectivity index (χ1n) is 6.89. The number of phenolic OH excluding ortho intramolecular Hbond substituents is 1. The van der Waals surface area contributed by atoms with Crippen LogP contribution in [0.4, 0.5) is 0 Å². The Morgan fingerprint density at radius 3 is 2.80 bits per heavy atom. The topological polar surface area (TPSA) is 61.4 Å². The van der Waals surface area contributed by atoms with Gasteiger partial charge in [-0.05, 0) is 23.9 Å². The second-order valence-electron chi connectivity index (χ2n) is 5.40. The van der Waals surface area contributed by atoms with Crippen LogP contribution in [0.2, 0.25) is 0 Å². The molecule has 0 saturated carbocycles. The fraction of sp³-hybridized carbons (Fsp3) is 0.312. The molecule has 3 rings (SSSR count). The van der Waals surface area contributed by atoms with Crippen LogP contribution < -0.4 is 10.6 Å². The van der Waals surface area contributed by atoms with E-state index in [0.29, 0.717) is 16.9 Å². The van der Waals surface area contributed by atoms with Crippen molar-refractivity contribution in [3.8, 4) is 5.75 Å². The van der Waals surface area contributed by atoms with Gasteiger partial charge in [-0.3, -0.25) is 4.79 Å². The van der Waals surface area contributed by atoms with Crippen molar-refractivity contribution in [1.82, 2.24) is 10.6 Å². The maximum absolute atomic E-state index is 12.3. The maximum atomic E-state index is 12.3. The summed E-state index contributed by atoms with van der Waals surface area (Å²) in [5.41, 5.74) is 0.336. The van der Waals surface area contributed by atoms with E-state index in [9.17, 15) is 9.90 Å². The molecule has 2 atom stereocenters. The van der Waals surface area contributed by atoms with Crippen molar-refractivity contribution in [2.45, 2.75) is 13.0 Å². The van der Waals surface area contributed by atoms with E-state index < -0.39 is 0 Å². The molecule has 4 nitrogen and oxygen atoms in total. The fourth-order valence-electron chi connectivity index (χ4n) is 2.69. The largest absolute Gasteiger partial charge is 0.506 e. The molecule has 1 aliphatic rings. The molecule has 0 aliphatic carbocycles. The summed E-state index contributed by atoms with van der Waals surface area (Å²) in [6.45, 7) is 3.79. The fourth-order valence-corrected chi connectivity index (χ4v) is 2.69. The minimum atomic E-state index is -0.214. The summed E-state index contributed by atoms with van der Waals surface area (Å²) in [7, 11) is 0. The third kappa shape index (κ3) is 2.23. The van der Waals surface area contributed by atoms with Gasteiger partial charge >= 0.3 is 0 Å². The third-order valence-corrected chi connectivity index (χ3v) is 3.98. The first-order chi connectivity index (χ1) is 9.66. The standard InChI is InChI=1S/C16H18N2O2/c1-10-8-17-9-14(10)18-16(20)13-7-6-11-4-2-3-5-12(11)15(13)19/h2-7,10,14,17,19H,8-9H2,1H3,(H,18,20). The van der Waals surface area contributed by atoms with Crippen LogP contribution >= 0.6 is 0 Å². The lowest BCUT2D eigenvalue weighted by molar-refractivity contribution is 0.0930. The first kappa shape index (κ1) is 12.9. The molecule has 3 N–H and O–H groups in total. The van der Waals surface area contributed by atoms with Crippen molar-refractivity contribution in [3.05, 3.63) is 42.0 Å². The summed E-state index contributed by atoms with van der Waals surface area (Å²) in [5.74, 6) is 0.245. The molecule has 104 valence electrons. The van der Waals surface area contributed by atoms with Gasteiger partial charge in [0.1, 0.15) is 5.75 Å². The van der Waals surface area contributed by atoms with Gasteiger partial charge in [-0.1, -0.05) is 37.3 Å². The lowest BCUT2D eigenvalue weighted by Gasteiger charge is -2.17. The molecule has 1 amide bonds. The molecule has 4 heteroatoms. The molecule has 1 saturated heterocycles. The SMILES string of the molecule is CC1CNCC1NC(=O)c1ccc2ccccc2c1O. The number of rotatable bonds is 2. The second-order valence-corrected chi connectivity index (χ2v) is 5.40. The van der Waals surface area contributed by atoms with Gasteiger partial charge in [0.15, 0.2) is 0 Å². The highest BCUT2D eigenvalue weighted by molar-refractivity contribution is 6.03. The van der Waals surface area contributed by atoms with Gasteiger partial charge in [0.05, 0.1) is 5.56 Å². The summed E-state index contributed by atoms with van der Waals surface area (Å²) >= 11 is 0. The highest BCUT2D eigenvalue weighted by Crippen LogP contribution is 2.28. The molecule has 20 heavy (non-hydrogen) atoms. The number of carbonyl (C=O) groups is 1. The molecule has 0 bridgehead atoms. The van der Waals surface area contributed by atoms with Gasteiger partial charge < -0.3 is 15.7 Å². The second kappa shape index (κ2) is 5.13. The Balaban J connectivity index is 1.89. The number of aromatic hydroxyl groups is 1. The summed E-state index contributed by atoms with van der Waals surface area (Å²) in [6.07, 6.45) is 0. The van der Waals surface area contributed by atoms with Gasteiger partial charge in [0.25, 0.3) is 5.91 Å². The van der Waals surface area contributed by atoms with E-state index >= 15 is 0 Å². The lowest BCUT2D eigenvalue weighted by Crippen LogP contribution is -2.39. The van der Waals surface area contributed by atoms with E-state index in [4.69, 9.17) is 0 Å². The molecule has 2 aromatic rings. The molecule has 1 heterocycles. The Labute approximate surface area is 117 Å².